The molecule has 1 aliphatic heterocycles. The highest BCUT2D eigenvalue weighted by atomic mass is 16.7. The summed E-state index contributed by atoms with van der Waals surface area (Å²) in [6.45, 7) is 5.59. The van der Waals surface area contributed by atoms with E-state index in [1.54, 1.807) is 31.2 Å². The molecule has 2 rings (SSSR count). The van der Waals surface area contributed by atoms with E-state index >= 15 is 0 Å². The smallest absolute Gasteiger partial charge is 0.373 e. The first-order valence-electron chi connectivity index (χ1n) is 11.9. The Morgan fingerprint density at radius 3 is 2.00 bits per heavy atom. The van der Waals surface area contributed by atoms with Crippen molar-refractivity contribution < 1.29 is 61.9 Å². The molecule has 0 aliphatic carbocycles. The van der Waals surface area contributed by atoms with Crippen LogP contribution in [0.1, 0.15) is 40.2 Å². The number of rotatable bonds is 11. The Morgan fingerprint density at radius 2 is 1.44 bits per heavy atom. The molecule has 0 bridgehead atoms. The van der Waals surface area contributed by atoms with E-state index < -0.39 is 67.2 Å². The fraction of sp³-hybridized carbons (Fsp3) is 0.500. The lowest BCUT2D eigenvalue weighted by Gasteiger charge is -2.43. The van der Waals surface area contributed by atoms with Gasteiger partial charge in [-0.3, -0.25) is 19.2 Å². The third-order valence-corrected chi connectivity index (χ3v) is 5.06. The summed E-state index contributed by atoms with van der Waals surface area (Å²) in [6, 6.07) is 6.66. The minimum Gasteiger partial charge on any atom is -0.497 e. The summed E-state index contributed by atoms with van der Waals surface area (Å²) in [5.74, 6) is -3.81. The first-order chi connectivity index (χ1) is 18.4. The molecule has 1 fully saturated rings. The quantitative estimate of drug-likeness (QED) is 0.169. The van der Waals surface area contributed by atoms with Crippen LogP contribution in [0.25, 0.3) is 6.08 Å². The molecule has 5 atom stereocenters. The number of hydrogen-bond acceptors (Lipinski definition) is 13. The Hall–Kier alpha value is -4.13. The van der Waals surface area contributed by atoms with E-state index in [-0.39, 0.29) is 12.4 Å². The lowest BCUT2D eigenvalue weighted by atomic mass is 9.98. The zero-order chi connectivity index (χ0) is 29.1. The molecule has 1 aromatic carbocycles. The number of ether oxygens (including phenoxy) is 8. The monoisotopic (exact) mass is 552 g/mol. The van der Waals surface area contributed by atoms with E-state index in [0.29, 0.717) is 11.3 Å². The van der Waals surface area contributed by atoms with Crippen LogP contribution < -0.4 is 4.74 Å². The highest BCUT2D eigenvalue weighted by molar-refractivity contribution is 5.91. The second kappa shape index (κ2) is 14.7. The van der Waals surface area contributed by atoms with Crippen LogP contribution in [0.4, 0.5) is 0 Å². The molecular weight excluding hydrogens is 520 g/mol. The van der Waals surface area contributed by atoms with Gasteiger partial charge in [0, 0.05) is 27.7 Å². The second-order valence-corrected chi connectivity index (χ2v) is 8.19. The highest BCUT2D eigenvalue weighted by Crippen LogP contribution is 2.31. The molecule has 1 heterocycles. The lowest BCUT2D eigenvalue weighted by Crippen LogP contribution is -2.63. The van der Waals surface area contributed by atoms with Gasteiger partial charge < -0.3 is 37.9 Å². The highest BCUT2D eigenvalue weighted by Gasteiger charge is 2.53. The maximum atomic E-state index is 12.8. The average Bonchev–Trinajstić information content (AvgIpc) is 2.85. The number of hydrogen-bond donors (Lipinski definition) is 0. The van der Waals surface area contributed by atoms with Crippen LogP contribution >= 0.6 is 0 Å². The Morgan fingerprint density at radius 1 is 0.821 bits per heavy atom. The number of methoxy groups -OCH3 is 1. The Kier molecular flexibility index (Phi) is 11.7. The maximum absolute atomic E-state index is 12.8. The van der Waals surface area contributed by atoms with Crippen LogP contribution in [0.5, 0.6) is 5.75 Å². The summed E-state index contributed by atoms with van der Waals surface area (Å²) < 4.78 is 43.2. The number of benzene rings is 1. The van der Waals surface area contributed by atoms with Gasteiger partial charge >= 0.3 is 29.8 Å². The molecule has 13 heteroatoms. The van der Waals surface area contributed by atoms with Crippen LogP contribution in [0.15, 0.2) is 30.0 Å². The summed E-state index contributed by atoms with van der Waals surface area (Å²) in [7, 11) is 1.48. The minimum absolute atomic E-state index is 0.0101. The van der Waals surface area contributed by atoms with E-state index in [4.69, 9.17) is 37.9 Å². The van der Waals surface area contributed by atoms with Crippen LogP contribution in [0, 0.1) is 0 Å². The third-order valence-electron chi connectivity index (χ3n) is 5.06. The zero-order valence-corrected chi connectivity index (χ0v) is 22.5. The maximum Gasteiger partial charge on any atom is 0.373 e. The van der Waals surface area contributed by atoms with Gasteiger partial charge in [0.1, 0.15) is 18.5 Å². The predicted molar refractivity (Wildman–Crippen MR) is 131 cm³/mol. The first-order valence-corrected chi connectivity index (χ1v) is 11.9. The predicted octanol–water partition coefficient (Wildman–Crippen LogP) is 1.70. The minimum atomic E-state index is -1.60. The third kappa shape index (κ3) is 9.60. The number of carbonyl (C=O) groups is 5. The van der Waals surface area contributed by atoms with Crippen LogP contribution in [0.3, 0.4) is 0 Å². The van der Waals surface area contributed by atoms with Gasteiger partial charge in [0.15, 0.2) is 12.2 Å². The molecule has 13 nitrogen and oxygen atoms in total. The molecule has 0 aromatic heterocycles. The molecule has 0 radical (unpaired) electrons. The lowest BCUT2D eigenvalue weighted by molar-refractivity contribution is -0.299. The molecule has 0 saturated carbocycles. The van der Waals surface area contributed by atoms with Gasteiger partial charge in [0.05, 0.1) is 13.7 Å². The zero-order valence-electron chi connectivity index (χ0n) is 22.5. The van der Waals surface area contributed by atoms with Gasteiger partial charge in [-0.15, -0.1) is 0 Å². The summed E-state index contributed by atoms with van der Waals surface area (Å²) in [5.41, 5.74) is 0.489. The van der Waals surface area contributed by atoms with Crippen LogP contribution in [-0.2, 0) is 57.1 Å². The van der Waals surface area contributed by atoms with Crippen molar-refractivity contribution in [3.8, 4) is 5.75 Å². The summed E-state index contributed by atoms with van der Waals surface area (Å²) in [4.78, 5) is 60.3. The molecule has 39 heavy (non-hydrogen) atoms. The molecule has 0 N–H and O–H groups in total. The first kappa shape index (κ1) is 31.1. The van der Waals surface area contributed by atoms with Crippen molar-refractivity contribution in [2.24, 2.45) is 0 Å². The van der Waals surface area contributed by atoms with Crippen molar-refractivity contribution in [1.29, 1.82) is 0 Å². The SMILES string of the molecule is CCOC(=O)C(=Cc1cccc(OC)c1)O[C@H]1O[C@@H](COC(C)=O)[C@H](OC(C)=O)[C@@H](OC(C)=O)[C@@H]1OC(C)=O. The Balaban J connectivity index is 2.59. The van der Waals surface area contributed by atoms with Gasteiger partial charge in [-0.1, -0.05) is 12.1 Å². The van der Waals surface area contributed by atoms with E-state index in [9.17, 15) is 24.0 Å². The molecule has 0 unspecified atom stereocenters. The summed E-state index contributed by atoms with van der Waals surface area (Å²) >= 11 is 0. The number of carbonyl (C=O) groups excluding carboxylic acids is 5. The fourth-order valence-electron chi connectivity index (χ4n) is 3.63. The van der Waals surface area contributed by atoms with Crippen molar-refractivity contribution in [3.05, 3.63) is 35.6 Å². The standard InChI is InChI=1S/C26H32O13/c1-7-33-25(31)20(12-18-9-8-10-19(11-18)32-6)38-26-24(37-17(5)30)23(36-16(4)29)22(35-15(3)28)21(39-26)13-34-14(2)27/h8-12,21-24,26H,7,13H2,1-6H3/t21-,22-,23+,24-,26-/m0/s1. The normalized spacial score (nSPS) is 22.6. The van der Waals surface area contributed by atoms with Gasteiger partial charge in [-0.25, -0.2) is 4.79 Å². The Labute approximate surface area is 225 Å². The molecule has 214 valence electrons. The van der Waals surface area contributed by atoms with Crippen molar-refractivity contribution in [3.63, 3.8) is 0 Å². The molecular formula is C26H32O13. The van der Waals surface area contributed by atoms with Crippen molar-refractivity contribution in [1.82, 2.24) is 0 Å². The van der Waals surface area contributed by atoms with E-state index in [1.807, 2.05) is 0 Å². The van der Waals surface area contributed by atoms with Gasteiger partial charge in [-0.2, -0.15) is 0 Å². The van der Waals surface area contributed by atoms with Crippen molar-refractivity contribution >= 4 is 35.9 Å². The molecule has 0 amide bonds. The second-order valence-electron chi connectivity index (χ2n) is 8.19. The largest absolute Gasteiger partial charge is 0.497 e. The van der Waals surface area contributed by atoms with E-state index in [0.717, 1.165) is 27.7 Å². The van der Waals surface area contributed by atoms with Crippen molar-refractivity contribution in [2.45, 2.75) is 65.3 Å². The van der Waals surface area contributed by atoms with E-state index in [2.05, 4.69) is 0 Å². The topological polar surface area (TPSA) is 159 Å². The van der Waals surface area contributed by atoms with Gasteiger partial charge in [-0.05, 0) is 30.7 Å². The van der Waals surface area contributed by atoms with Gasteiger partial charge in [0.25, 0.3) is 0 Å². The number of esters is 5. The van der Waals surface area contributed by atoms with E-state index in [1.165, 1.54) is 13.2 Å². The molecule has 1 aliphatic rings. The molecule has 1 saturated heterocycles. The summed E-state index contributed by atoms with van der Waals surface area (Å²) in [6.07, 6.45) is -5.87. The Bertz CT molecular complexity index is 1080. The van der Waals surface area contributed by atoms with Crippen molar-refractivity contribution in [2.75, 3.05) is 20.3 Å². The average molecular weight is 553 g/mol. The molecule has 1 aromatic rings. The van der Waals surface area contributed by atoms with Crippen LogP contribution in [-0.4, -0.2) is 80.9 Å². The fourth-order valence-corrected chi connectivity index (χ4v) is 3.63. The summed E-state index contributed by atoms with van der Waals surface area (Å²) in [5, 5.41) is 0. The van der Waals surface area contributed by atoms with Crippen LogP contribution in [0.2, 0.25) is 0 Å². The van der Waals surface area contributed by atoms with Gasteiger partial charge in [0.2, 0.25) is 18.2 Å². The molecule has 0 spiro atoms.